The van der Waals surface area contributed by atoms with Crippen LogP contribution >= 0.6 is 0 Å². The zero-order valence-corrected chi connectivity index (χ0v) is 20.0. The number of aliphatic hydroxyl groups excluding tert-OH is 1. The molecular weight excluding hydrogens is 376 g/mol. The molecule has 0 aromatic heterocycles. The fourth-order valence-electron chi connectivity index (χ4n) is 5.28. The highest BCUT2D eigenvalue weighted by molar-refractivity contribution is 6.78. The molecule has 0 saturated carbocycles. The summed E-state index contributed by atoms with van der Waals surface area (Å²) in [6.45, 7) is 16.4. The Morgan fingerprint density at radius 2 is 1.55 bits per heavy atom. The lowest BCUT2D eigenvalue weighted by atomic mass is 9.76. The van der Waals surface area contributed by atoms with Crippen molar-refractivity contribution in [2.75, 3.05) is 13.2 Å². The number of benzene rings is 2. The van der Waals surface area contributed by atoms with Crippen LogP contribution in [-0.2, 0) is 5.41 Å². The van der Waals surface area contributed by atoms with Gasteiger partial charge in [0.25, 0.3) is 8.32 Å². The largest absolute Gasteiger partial charge is 0.543 e. The zero-order valence-electron chi connectivity index (χ0n) is 19.0. The molecule has 0 bridgehead atoms. The Hall–Kier alpha value is -1.78. The zero-order chi connectivity index (χ0) is 21.4. The van der Waals surface area contributed by atoms with Crippen LogP contribution in [0.2, 0.25) is 16.6 Å². The SMILES string of the molecule is Cc1ccc2c(c1)[C@](CO)(c1ccc(O[Si](C(C)C)(C(C)C)C(C)C)cc1)CO2. The monoisotopic (exact) mass is 412 g/mol. The highest BCUT2D eigenvalue weighted by Gasteiger charge is 2.47. The maximum Gasteiger partial charge on any atom is 0.258 e. The lowest BCUT2D eigenvalue weighted by molar-refractivity contribution is 0.185. The first-order valence-electron chi connectivity index (χ1n) is 10.8. The molecule has 158 valence electrons. The number of hydrogen-bond acceptors (Lipinski definition) is 3. The number of rotatable bonds is 7. The van der Waals surface area contributed by atoms with Crippen LogP contribution in [0.15, 0.2) is 42.5 Å². The molecule has 2 aromatic carbocycles. The van der Waals surface area contributed by atoms with Crippen LogP contribution in [0.3, 0.4) is 0 Å². The van der Waals surface area contributed by atoms with E-state index < -0.39 is 13.7 Å². The van der Waals surface area contributed by atoms with Gasteiger partial charge >= 0.3 is 0 Å². The van der Waals surface area contributed by atoms with Crippen molar-refractivity contribution in [3.05, 3.63) is 59.2 Å². The van der Waals surface area contributed by atoms with E-state index in [1.165, 1.54) is 5.56 Å². The van der Waals surface area contributed by atoms with E-state index in [9.17, 15) is 5.11 Å². The van der Waals surface area contributed by atoms with Gasteiger partial charge in [0.15, 0.2) is 0 Å². The second kappa shape index (κ2) is 8.15. The molecule has 0 spiro atoms. The second-order valence-corrected chi connectivity index (χ2v) is 14.8. The second-order valence-electron chi connectivity index (χ2n) is 9.47. The summed E-state index contributed by atoms with van der Waals surface area (Å²) in [5, 5.41) is 10.4. The van der Waals surface area contributed by atoms with Crippen LogP contribution in [0.5, 0.6) is 11.5 Å². The Balaban J connectivity index is 1.96. The van der Waals surface area contributed by atoms with Gasteiger partial charge in [-0.25, -0.2) is 0 Å². The van der Waals surface area contributed by atoms with E-state index in [4.69, 9.17) is 9.16 Å². The Morgan fingerprint density at radius 1 is 0.966 bits per heavy atom. The van der Waals surface area contributed by atoms with Crippen LogP contribution < -0.4 is 9.16 Å². The lowest BCUT2D eigenvalue weighted by Crippen LogP contribution is -2.50. The van der Waals surface area contributed by atoms with E-state index in [1.807, 2.05) is 6.07 Å². The minimum atomic E-state index is -1.98. The molecule has 29 heavy (non-hydrogen) atoms. The smallest absolute Gasteiger partial charge is 0.258 e. The van der Waals surface area contributed by atoms with Gasteiger partial charge in [0.05, 0.1) is 12.0 Å². The fraction of sp³-hybridized carbons (Fsp3) is 0.520. The normalized spacial score (nSPS) is 19.0. The van der Waals surface area contributed by atoms with Crippen LogP contribution in [-0.4, -0.2) is 26.6 Å². The van der Waals surface area contributed by atoms with E-state index in [2.05, 4.69) is 84.9 Å². The Labute approximate surface area is 177 Å². The minimum Gasteiger partial charge on any atom is -0.543 e. The molecule has 4 heteroatoms. The van der Waals surface area contributed by atoms with Crippen LogP contribution in [0, 0.1) is 6.92 Å². The maximum absolute atomic E-state index is 10.4. The summed E-state index contributed by atoms with van der Waals surface area (Å²) in [4.78, 5) is 0. The molecule has 1 heterocycles. The van der Waals surface area contributed by atoms with Crippen molar-refractivity contribution in [1.82, 2.24) is 0 Å². The van der Waals surface area contributed by atoms with Crippen LogP contribution in [0.1, 0.15) is 58.2 Å². The summed E-state index contributed by atoms with van der Waals surface area (Å²) in [5.74, 6) is 1.81. The Bertz CT molecular complexity index is 820. The van der Waals surface area contributed by atoms with Crippen molar-refractivity contribution in [3.8, 4) is 11.5 Å². The van der Waals surface area contributed by atoms with Gasteiger partial charge in [0, 0.05) is 5.56 Å². The first-order valence-corrected chi connectivity index (χ1v) is 13.0. The Kier molecular flexibility index (Phi) is 6.16. The van der Waals surface area contributed by atoms with Gasteiger partial charge in [-0.15, -0.1) is 0 Å². The van der Waals surface area contributed by atoms with Crippen molar-refractivity contribution in [2.24, 2.45) is 0 Å². The van der Waals surface area contributed by atoms with E-state index in [0.717, 1.165) is 22.6 Å². The molecule has 3 rings (SSSR count). The Morgan fingerprint density at radius 3 is 2.07 bits per heavy atom. The molecule has 0 aliphatic carbocycles. The number of fused-ring (bicyclic) bond motifs is 1. The van der Waals surface area contributed by atoms with Crippen molar-refractivity contribution >= 4 is 8.32 Å². The van der Waals surface area contributed by atoms with Crippen molar-refractivity contribution in [1.29, 1.82) is 0 Å². The molecule has 1 aliphatic heterocycles. The third-order valence-corrected chi connectivity index (χ3v) is 12.8. The summed E-state index contributed by atoms with van der Waals surface area (Å²) in [7, 11) is -1.98. The first kappa shape index (κ1) is 21.9. The minimum absolute atomic E-state index is 0.0202. The quantitative estimate of drug-likeness (QED) is 0.549. The van der Waals surface area contributed by atoms with Gasteiger partial charge in [-0.05, 0) is 47.3 Å². The van der Waals surface area contributed by atoms with Gasteiger partial charge < -0.3 is 14.3 Å². The lowest BCUT2D eigenvalue weighted by Gasteiger charge is -2.42. The highest BCUT2D eigenvalue weighted by atomic mass is 28.4. The van der Waals surface area contributed by atoms with E-state index in [1.54, 1.807) is 0 Å². The molecule has 2 aromatic rings. The summed E-state index contributed by atoms with van der Waals surface area (Å²) in [6, 6.07) is 14.6. The third kappa shape index (κ3) is 3.61. The van der Waals surface area contributed by atoms with Gasteiger partial charge in [-0.3, -0.25) is 0 Å². The van der Waals surface area contributed by atoms with Gasteiger partial charge in [0.1, 0.15) is 18.1 Å². The fourth-order valence-corrected chi connectivity index (χ4v) is 10.5. The molecule has 1 atom stereocenters. The molecule has 0 amide bonds. The number of ether oxygens (including phenoxy) is 1. The van der Waals surface area contributed by atoms with E-state index in [0.29, 0.717) is 23.2 Å². The average Bonchev–Trinajstić information content (AvgIpc) is 3.04. The van der Waals surface area contributed by atoms with Gasteiger partial charge in [-0.1, -0.05) is 71.4 Å². The van der Waals surface area contributed by atoms with Crippen molar-refractivity contribution in [3.63, 3.8) is 0 Å². The number of aryl methyl sites for hydroxylation is 1. The van der Waals surface area contributed by atoms with Crippen LogP contribution in [0.25, 0.3) is 0 Å². The summed E-state index contributed by atoms with van der Waals surface area (Å²) in [6.07, 6.45) is 0. The first-order chi connectivity index (χ1) is 13.7. The molecule has 1 N–H and O–H groups in total. The molecule has 0 radical (unpaired) electrons. The molecule has 0 fully saturated rings. The van der Waals surface area contributed by atoms with Crippen molar-refractivity contribution < 1.29 is 14.3 Å². The summed E-state index contributed by atoms with van der Waals surface area (Å²) in [5.41, 5.74) is 4.40. The summed E-state index contributed by atoms with van der Waals surface area (Å²) < 4.78 is 12.7. The van der Waals surface area contributed by atoms with E-state index >= 15 is 0 Å². The van der Waals surface area contributed by atoms with Crippen molar-refractivity contribution in [2.45, 2.75) is 70.5 Å². The molecule has 3 nitrogen and oxygen atoms in total. The molecular formula is C25H36O3Si. The van der Waals surface area contributed by atoms with Gasteiger partial charge in [-0.2, -0.15) is 0 Å². The van der Waals surface area contributed by atoms with Crippen LogP contribution in [0.4, 0.5) is 0 Å². The average molecular weight is 413 g/mol. The number of aliphatic hydroxyl groups is 1. The van der Waals surface area contributed by atoms with Gasteiger partial charge in [0.2, 0.25) is 0 Å². The highest BCUT2D eigenvalue weighted by Crippen LogP contribution is 2.45. The standard InChI is InChI=1S/C25H36O3Si/c1-17(2)29(18(3)4,19(5)6)28-22-11-9-21(10-12-22)25(15-26)16-27-24-13-8-20(7)14-23(24)25/h8-14,17-19,26H,15-16H2,1-7H3/t25-/m0/s1. The number of hydrogen-bond donors (Lipinski definition) is 1. The maximum atomic E-state index is 10.4. The predicted molar refractivity (Wildman–Crippen MR) is 123 cm³/mol. The van der Waals surface area contributed by atoms with E-state index in [-0.39, 0.29) is 6.61 Å². The molecule has 0 unspecified atom stereocenters. The predicted octanol–water partition coefficient (Wildman–Crippen LogP) is 6.22. The molecule has 0 saturated heterocycles. The topological polar surface area (TPSA) is 38.7 Å². The summed E-state index contributed by atoms with van der Waals surface area (Å²) >= 11 is 0. The third-order valence-electron chi connectivity index (χ3n) is 6.80. The molecule has 1 aliphatic rings.